The van der Waals surface area contributed by atoms with E-state index in [1.54, 1.807) is 19.1 Å². The molecule has 4 rings (SSSR count). The minimum absolute atomic E-state index is 0.0666. The second kappa shape index (κ2) is 7.73. The number of benzene rings is 1. The van der Waals surface area contributed by atoms with Gasteiger partial charge in [0.15, 0.2) is 5.69 Å². The van der Waals surface area contributed by atoms with E-state index in [4.69, 9.17) is 4.55 Å². The Labute approximate surface area is 167 Å². The minimum atomic E-state index is -4.34. The first kappa shape index (κ1) is 21.8. The van der Waals surface area contributed by atoms with E-state index in [1.165, 1.54) is 16.8 Å². The van der Waals surface area contributed by atoms with Crippen LogP contribution in [0, 0.1) is 25.2 Å². The Balaban J connectivity index is 0.000000188. The molecule has 0 amide bonds. The topological polar surface area (TPSA) is 84.2 Å². The van der Waals surface area contributed by atoms with Crippen LogP contribution in [0.25, 0.3) is 0 Å². The van der Waals surface area contributed by atoms with Crippen LogP contribution in [0.2, 0.25) is 0 Å². The van der Waals surface area contributed by atoms with Gasteiger partial charge < -0.3 is 5.32 Å². The second-order valence-corrected chi connectivity index (χ2v) is 9.44. The molecule has 1 aromatic heterocycles. The summed E-state index contributed by atoms with van der Waals surface area (Å²) in [5, 5.41) is 6.92. The summed E-state index contributed by atoms with van der Waals surface area (Å²) in [6.45, 7) is 6.27. The Kier molecular flexibility index (Phi) is 5.81. The molecule has 1 aliphatic carbocycles. The minimum Gasteiger partial charge on any atom is -0.316 e. The SMILES string of the molecule is Cc1cc(C(F)(F)F)nn1CC1CC2(CNC2)C1.Cc1ccc(S(=O)(=O)O)cc1. The molecular formula is C19H24F3N3O3S. The first-order chi connectivity index (χ1) is 13.4. The maximum atomic E-state index is 12.5. The lowest BCUT2D eigenvalue weighted by Gasteiger charge is -2.54. The van der Waals surface area contributed by atoms with Crippen molar-refractivity contribution < 1.29 is 26.1 Å². The van der Waals surface area contributed by atoms with E-state index in [9.17, 15) is 21.6 Å². The smallest absolute Gasteiger partial charge is 0.316 e. The summed E-state index contributed by atoms with van der Waals surface area (Å²) >= 11 is 0. The van der Waals surface area contributed by atoms with Gasteiger partial charge in [-0.1, -0.05) is 17.7 Å². The highest BCUT2D eigenvalue weighted by Crippen LogP contribution is 2.49. The van der Waals surface area contributed by atoms with Crippen molar-refractivity contribution in [2.24, 2.45) is 11.3 Å². The largest absolute Gasteiger partial charge is 0.435 e. The Morgan fingerprint density at radius 2 is 1.79 bits per heavy atom. The maximum Gasteiger partial charge on any atom is 0.435 e. The summed E-state index contributed by atoms with van der Waals surface area (Å²) in [6.07, 6.45) is -2.12. The van der Waals surface area contributed by atoms with Gasteiger partial charge >= 0.3 is 6.18 Å². The molecule has 2 aliphatic rings. The standard InChI is InChI=1S/C12H16F3N3.C7H8O3S/c1-8-2-10(12(13,14)15)17-18(8)5-9-3-11(4-9)6-16-7-11;1-6-2-4-7(5-3-6)11(8,9)10/h2,9,16H,3-7H2,1H3;2-5H,1H3,(H,8,9,10). The van der Waals surface area contributed by atoms with Crippen LogP contribution < -0.4 is 5.32 Å². The van der Waals surface area contributed by atoms with Gasteiger partial charge in [-0.05, 0) is 56.2 Å². The summed E-state index contributed by atoms with van der Waals surface area (Å²) in [6, 6.07) is 7.11. The number of nitrogens with zero attached hydrogens (tertiary/aromatic N) is 2. The summed E-state index contributed by atoms with van der Waals surface area (Å²) in [4.78, 5) is -0.0666. The average Bonchev–Trinajstić information content (AvgIpc) is 2.90. The summed E-state index contributed by atoms with van der Waals surface area (Å²) < 4.78 is 68.6. The molecule has 29 heavy (non-hydrogen) atoms. The molecule has 0 unspecified atom stereocenters. The summed E-state index contributed by atoms with van der Waals surface area (Å²) in [5.41, 5.74) is 1.23. The lowest BCUT2D eigenvalue weighted by Crippen LogP contribution is -2.60. The van der Waals surface area contributed by atoms with Gasteiger partial charge in [0.25, 0.3) is 10.1 Å². The highest BCUT2D eigenvalue weighted by molar-refractivity contribution is 7.85. The molecule has 1 aliphatic heterocycles. The zero-order valence-electron chi connectivity index (χ0n) is 16.2. The van der Waals surface area contributed by atoms with Crippen molar-refractivity contribution in [2.75, 3.05) is 13.1 Å². The highest BCUT2D eigenvalue weighted by Gasteiger charge is 2.48. The summed E-state index contributed by atoms with van der Waals surface area (Å²) in [7, 11) is -4.02. The van der Waals surface area contributed by atoms with Crippen molar-refractivity contribution in [2.45, 2.75) is 44.3 Å². The van der Waals surface area contributed by atoms with Crippen molar-refractivity contribution in [3.05, 3.63) is 47.3 Å². The van der Waals surface area contributed by atoms with Gasteiger partial charge in [0.1, 0.15) is 0 Å². The molecule has 6 nitrogen and oxygen atoms in total. The number of alkyl halides is 3. The van der Waals surface area contributed by atoms with Crippen LogP contribution in [-0.4, -0.2) is 35.8 Å². The third kappa shape index (κ3) is 5.18. The van der Waals surface area contributed by atoms with Crippen LogP contribution in [-0.2, 0) is 22.8 Å². The van der Waals surface area contributed by atoms with Crippen molar-refractivity contribution in [1.82, 2.24) is 15.1 Å². The zero-order chi connectivity index (χ0) is 21.4. The lowest BCUT2D eigenvalue weighted by molar-refractivity contribution is -0.141. The van der Waals surface area contributed by atoms with Gasteiger partial charge in [0.05, 0.1) is 4.90 Å². The molecule has 0 radical (unpaired) electrons. The molecule has 1 spiro atoms. The first-order valence-corrected chi connectivity index (χ1v) is 10.7. The van der Waals surface area contributed by atoms with Crippen molar-refractivity contribution in [1.29, 1.82) is 0 Å². The summed E-state index contributed by atoms with van der Waals surface area (Å²) in [5.74, 6) is 0.479. The fourth-order valence-electron chi connectivity index (χ4n) is 3.85. The van der Waals surface area contributed by atoms with Crippen LogP contribution in [0.4, 0.5) is 13.2 Å². The monoisotopic (exact) mass is 431 g/mol. The van der Waals surface area contributed by atoms with Crippen LogP contribution in [0.3, 0.4) is 0 Å². The molecular weight excluding hydrogens is 407 g/mol. The molecule has 1 aromatic carbocycles. The highest BCUT2D eigenvalue weighted by atomic mass is 32.2. The Morgan fingerprint density at radius 3 is 2.21 bits per heavy atom. The van der Waals surface area contributed by atoms with Gasteiger partial charge in [0.2, 0.25) is 0 Å². The molecule has 1 saturated carbocycles. The molecule has 0 atom stereocenters. The van der Waals surface area contributed by atoms with E-state index in [2.05, 4.69) is 10.4 Å². The van der Waals surface area contributed by atoms with Crippen molar-refractivity contribution in [3.8, 4) is 0 Å². The van der Waals surface area contributed by atoms with Gasteiger partial charge in [-0.15, -0.1) is 0 Å². The maximum absolute atomic E-state index is 12.5. The van der Waals surface area contributed by atoms with Gasteiger partial charge in [-0.25, -0.2) is 0 Å². The number of aromatic nitrogens is 2. The van der Waals surface area contributed by atoms with Crippen LogP contribution in [0.15, 0.2) is 35.2 Å². The number of halogens is 3. The van der Waals surface area contributed by atoms with Crippen LogP contribution in [0.1, 0.15) is 29.8 Å². The predicted octanol–water partition coefficient (Wildman–Crippen LogP) is 3.45. The van der Waals surface area contributed by atoms with Gasteiger partial charge in [-0.2, -0.15) is 26.7 Å². The Morgan fingerprint density at radius 1 is 1.21 bits per heavy atom. The molecule has 2 N–H and O–H groups in total. The Hall–Kier alpha value is -1.91. The zero-order valence-corrected chi connectivity index (χ0v) is 17.0. The van der Waals surface area contributed by atoms with E-state index < -0.39 is 22.0 Å². The Bertz CT molecular complexity index is 957. The van der Waals surface area contributed by atoms with E-state index in [0.29, 0.717) is 23.6 Å². The van der Waals surface area contributed by atoms with Crippen molar-refractivity contribution >= 4 is 10.1 Å². The number of rotatable bonds is 3. The predicted molar refractivity (Wildman–Crippen MR) is 101 cm³/mol. The molecule has 2 aromatic rings. The first-order valence-electron chi connectivity index (χ1n) is 9.25. The number of aryl methyl sites for hydroxylation is 2. The molecule has 2 heterocycles. The average molecular weight is 431 g/mol. The van der Waals surface area contributed by atoms with E-state index >= 15 is 0 Å². The lowest BCUT2D eigenvalue weighted by atomic mass is 9.58. The normalized spacial score (nSPS) is 18.6. The molecule has 2 fully saturated rings. The fourth-order valence-corrected chi connectivity index (χ4v) is 4.33. The van der Waals surface area contributed by atoms with Gasteiger partial charge in [0, 0.05) is 25.3 Å². The third-order valence-corrected chi connectivity index (χ3v) is 6.33. The van der Waals surface area contributed by atoms with Crippen LogP contribution in [0.5, 0.6) is 0 Å². The van der Waals surface area contributed by atoms with Crippen molar-refractivity contribution in [3.63, 3.8) is 0 Å². The van der Waals surface area contributed by atoms with Crippen LogP contribution >= 0.6 is 0 Å². The van der Waals surface area contributed by atoms with Gasteiger partial charge in [-0.3, -0.25) is 9.23 Å². The third-order valence-electron chi connectivity index (χ3n) is 5.46. The molecule has 10 heteroatoms. The second-order valence-electron chi connectivity index (χ2n) is 8.02. The quantitative estimate of drug-likeness (QED) is 0.728. The molecule has 0 bridgehead atoms. The fraction of sp³-hybridized carbons (Fsp3) is 0.526. The number of nitrogens with one attached hydrogen (secondary N) is 1. The van der Waals surface area contributed by atoms with E-state index in [-0.39, 0.29) is 4.90 Å². The van der Waals surface area contributed by atoms with E-state index in [0.717, 1.165) is 37.6 Å². The van der Waals surface area contributed by atoms with E-state index in [1.807, 2.05) is 6.92 Å². The number of hydrogen-bond donors (Lipinski definition) is 2. The molecule has 160 valence electrons. The number of hydrogen-bond acceptors (Lipinski definition) is 4. The molecule has 1 saturated heterocycles.